The fraction of sp³-hybridized carbons (Fsp3) is 0. The number of nitrogens with zero attached hydrogens (tertiary/aromatic N) is 1. The van der Waals surface area contributed by atoms with Gasteiger partial charge in [0.25, 0.3) is 10.1 Å². The number of thiazole rings is 1. The maximum Gasteiger partial charge on any atom is 0.296 e. The van der Waals surface area contributed by atoms with E-state index in [0.29, 0.717) is 10.3 Å². The zero-order chi connectivity index (χ0) is 14.3. The molecule has 1 heterocycles. The number of fused-ring (bicyclic) bond motifs is 1. The van der Waals surface area contributed by atoms with Crippen molar-refractivity contribution >= 4 is 36.8 Å². The molecule has 0 saturated carbocycles. The molecule has 0 radical (unpaired) electrons. The summed E-state index contributed by atoms with van der Waals surface area (Å²) in [5, 5.41) is 0.259. The van der Waals surface area contributed by atoms with E-state index in [9.17, 15) is 13.0 Å². The highest BCUT2D eigenvalue weighted by Gasteiger charge is 2.19. The van der Waals surface area contributed by atoms with Gasteiger partial charge in [-0.15, -0.1) is 0 Å². The van der Waals surface area contributed by atoms with Crippen molar-refractivity contribution in [2.24, 2.45) is 0 Å². The number of anilines is 1. The third-order valence-electron chi connectivity index (χ3n) is 2.86. The van der Waals surface area contributed by atoms with E-state index in [0.717, 1.165) is 5.56 Å². The van der Waals surface area contributed by atoms with Gasteiger partial charge in [0, 0.05) is 0 Å². The molecule has 0 amide bonds. The molecule has 0 saturated heterocycles. The predicted molar refractivity (Wildman–Crippen MR) is 79.3 cm³/mol. The number of hydrogen-bond acceptors (Lipinski definition) is 5. The van der Waals surface area contributed by atoms with Crippen molar-refractivity contribution in [2.75, 3.05) is 5.73 Å². The minimum Gasteiger partial charge on any atom is -0.375 e. The van der Waals surface area contributed by atoms with Gasteiger partial charge in [-0.25, -0.2) is 4.98 Å². The average molecular weight is 306 g/mol. The monoisotopic (exact) mass is 306 g/mol. The largest absolute Gasteiger partial charge is 0.375 e. The van der Waals surface area contributed by atoms with Crippen LogP contribution in [-0.2, 0) is 10.1 Å². The second-order valence-corrected chi connectivity index (χ2v) is 6.67. The first kappa shape index (κ1) is 13.0. The summed E-state index contributed by atoms with van der Waals surface area (Å²) in [5.74, 6) is 0. The number of hydrogen-bond donors (Lipinski definition) is 2. The van der Waals surface area contributed by atoms with Crippen molar-refractivity contribution in [3.8, 4) is 11.1 Å². The lowest BCUT2D eigenvalue weighted by molar-refractivity contribution is 0.484. The van der Waals surface area contributed by atoms with Gasteiger partial charge in [0.2, 0.25) is 0 Å². The van der Waals surface area contributed by atoms with Crippen LogP contribution < -0.4 is 5.73 Å². The normalized spacial score (nSPS) is 11.8. The van der Waals surface area contributed by atoms with Gasteiger partial charge in [-0.2, -0.15) is 8.42 Å². The van der Waals surface area contributed by atoms with Crippen molar-refractivity contribution in [1.29, 1.82) is 0 Å². The Morgan fingerprint density at radius 3 is 2.45 bits per heavy atom. The van der Waals surface area contributed by atoms with Gasteiger partial charge in [0.1, 0.15) is 10.4 Å². The minimum atomic E-state index is -4.36. The lowest BCUT2D eigenvalue weighted by atomic mass is 10.1. The molecule has 0 bridgehead atoms. The fourth-order valence-electron chi connectivity index (χ4n) is 2.01. The van der Waals surface area contributed by atoms with Crippen LogP contribution in [0.1, 0.15) is 0 Å². The lowest BCUT2D eigenvalue weighted by Crippen LogP contribution is -2.00. The van der Waals surface area contributed by atoms with Gasteiger partial charge >= 0.3 is 0 Å². The first-order chi connectivity index (χ1) is 9.45. The molecule has 0 fully saturated rings. The Bertz CT molecular complexity index is 887. The molecular formula is C13H10N2O3S2. The SMILES string of the molecule is Nc1nc2c(S(=O)(=O)O)cc(-c3ccccc3)cc2s1. The van der Waals surface area contributed by atoms with Gasteiger partial charge in [-0.3, -0.25) is 4.55 Å². The van der Waals surface area contributed by atoms with E-state index in [1.54, 1.807) is 0 Å². The molecule has 0 spiro atoms. The minimum absolute atomic E-state index is 0.203. The summed E-state index contributed by atoms with van der Waals surface area (Å²) in [4.78, 5) is 3.75. The molecule has 0 unspecified atom stereocenters. The van der Waals surface area contributed by atoms with Crippen molar-refractivity contribution < 1.29 is 13.0 Å². The molecule has 0 aliphatic heterocycles. The molecule has 1 aromatic heterocycles. The molecule has 102 valence electrons. The van der Waals surface area contributed by atoms with Crippen LogP contribution in [0, 0.1) is 0 Å². The van der Waals surface area contributed by atoms with Crippen LogP contribution in [0.5, 0.6) is 0 Å². The Kier molecular flexibility index (Phi) is 2.97. The highest BCUT2D eigenvalue weighted by atomic mass is 32.2. The van der Waals surface area contributed by atoms with Crippen LogP contribution in [0.3, 0.4) is 0 Å². The Labute approximate surface area is 119 Å². The zero-order valence-electron chi connectivity index (χ0n) is 10.1. The lowest BCUT2D eigenvalue weighted by Gasteiger charge is -2.05. The molecule has 2 aromatic carbocycles. The van der Waals surface area contributed by atoms with Crippen molar-refractivity contribution in [3.05, 3.63) is 42.5 Å². The summed E-state index contributed by atoms with van der Waals surface area (Å²) in [6.45, 7) is 0. The van der Waals surface area contributed by atoms with Crippen molar-refractivity contribution in [3.63, 3.8) is 0 Å². The third kappa shape index (κ3) is 2.26. The van der Waals surface area contributed by atoms with Crippen LogP contribution in [0.25, 0.3) is 21.3 Å². The number of rotatable bonds is 2. The van der Waals surface area contributed by atoms with E-state index in [4.69, 9.17) is 5.73 Å². The number of nitrogen functional groups attached to an aromatic ring is 1. The molecule has 5 nitrogen and oxygen atoms in total. The van der Waals surface area contributed by atoms with E-state index in [-0.39, 0.29) is 15.5 Å². The van der Waals surface area contributed by atoms with Crippen LogP contribution in [-0.4, -0.2) is 18.0 Å². The van der Waals surface area contributed by atoms with Gasteiger partial charge < -0.3 is 5.73 Å². The quantitative estimate of drug-likeness (QED) is 0.710. The van der Waals surface area contributed by atoms with E-state index < -0.39 is 10.1 Å². The van der Waals surface area contributed by atoms with E-state index in [1.165, 1.54) is 17.4 Å². The Balaban J connectivity index is 2.37. The highest BCUT2D eigenvalue weighted by Crippen LogP contribution is 2.34. The third-order valence-corrected chi connectivity index (χ3v) is 4.56. The van der Waals surface area contributed by atoms with Crippen LogP contribution in [0.4, 0.5) is 5.13 Å². The highest BCUT2D eigenvalue weighted by molar-refractivity contribution is 7.86. The predicted octanol–water partition coefficient (Wildman–Crippen LogP) is 2.79. The van der Waals surface area contributed by atoms with E-state index in [1.807, 2.05) is 36.4 Å². The van der Waals surface area contributed by atoms with Gasteiger partial charge in [0.15, 0.2) is 5.13 Å². The molecule has 20 heavy (non-hydrogen) atoms. The number of aromatic nitrogens is 1. The molecule has 0 aliphatic rings. The standard InChI is InChI=1S/C13H10N2O3S2/c14-13-15-12-10(19-13)6-9(7-11(12)20(16,17)18)8-4-2-1-3-5-8/h1-7H,(H2,14,15)(H,16,17,18). The summed E-state index contributed by atoms with van der Waals surface area (Å²) < 4.78 is 33.0. The van der Waals surface area contributed by atoms with E-state index in [2.05, 4.69) is 4.98 Å². The molecule has 3 N–H and O–H groups in total. The number of nitrogens with two attached hydrogens (primary N) is 1. The Hall–Kier alpha value is -1.96. The summed E-state index contributed by atoms with van der Waals surface area (Å²) >= 11 is 1.18. The summed E-state index contributed by atoms with van der Waals surface area (Å²) in [7, 11) is -4.36. The van der Waals surface area contributed by atoms with Gasteiger partial charge in [0.05, 0.1) is 4.70 Å². The molecule has 0 atom stereocenters. The van der Waals surface area contributed by atoms with Crippen molar-refractivity contribution in [2.45, 2.75) is 4.90 Å². The second-order valence-electron chi connectivity index (χ2n) is 4.21. The summed E-state index contributed by atoms with van der Waals surface area (Å²) in [6.07, 6.45) is 0. The summed E-state index contributed by atoms with van der Waals surface area (Å²) in [6, 6.07) is 12.5. The summed E-state index contributed by atoms with van der Waals surface area (Å²) in [5.41, 5.74) is 7.37. The molecule has 3 rings (SSSR count). The molecule has 3 aromatic rings. The van der Waals surface area contributed by atoms with Gasteiger partial charge in [-0.05, 0) is 23.3 Å². The molecule has 0 aliphatic carbocycles. The molecule has 7 heteroatoms. The first-order valence-electron chi connectivity index (χ1n) is 5.68. The smallest absolute Gasteiger partial charge is 0.296 e. The first-order valence-corrected chi connectivity index (χ1v) is 7.94. The topological polar surface area (TPSA) is 93.3 Å². The van der Waals surface area contributed by atoms with Crippen LogP contribution >= 0.6 is 11.3 Å². The molecular weight excluding hydrogens is 296 g/mol. The second kappa shape index (κ2) is 4.55. The van der Waals surface area contributed by atoms with Crippen molar-refractivity contribution in [1.82, 2.24) is 4.98 Å². The fourth-order valence-corrected chi connectivity index (χ4v) is 3.55. The number of benzene rings is 2. The Morgan fingerprint density at radius 2 is 1.80 bits per heavy atom. The van der Waals surface area contributed by atoms with Crippen LogP contribution in [0.15, 0.2) is 47.4 Å². The van der Waals surface area contributed by atoms with Gasteiger partial charge in [-0.1, -0.05) is 41.7 Å². The van der Waals surface area contributed by atoms with E-state index >= 15 is 0 Å². The zero-order valence-corrected chi connectivity index (χ0v) is 11.8. The van der Waals surface area contributed by atoms with Crippen LogP contribution in [0.2, 0.25) is 0 Å². The maximum atomic E-state index is 11.5. The average Bonchev–Trinajstić information content (AvgIpc) is 2.77. The Morgan fingerprint density at radius 1 is 1.10 bits per heavy atom. The maximum absolute atomic E-state index is 11.5.